The summed E-state index contributed by atoms with van der Waals surface area (Å²) in [5.41, 5.74) is 5.99. The molecule has 0 fully saturated rings. The number of halogens is 1. The van der Waals surface area contributed by atoms with Gasteiger partial charge in [0.25, 0.3) is 0 Å². The van der Waals surface area contributed by atoms with Gasteiger partial charge in [-0.2, -0.15) is 0 Å². The maximum atomic E-state index is 6.11. The molecule has 3 N–H and O–H groups in total. The molecule has 25 heavy (non-hydrogen) atoms. The third-order valence-electron chi connectivity index (χ3n) is 5.28. The van der Waals surface area contributed by atoms with Crippen molar-refractivity contribution in [2.45, 2.75) is 110 Å². The standard InChI is InChI=1S/C23H39Cl.H3N/c1-4-7-8-9-10-11-12-13-14-15-16-20-17-18-21(19-24)23(6-3)22(20)5-2;/h17-18H,4-16,19H2,1-3H3;1H3. The van der Waals surface area contributed by atoms with Crippen molar-refractivity contribution in [3.63, 3.8) is 0 Å². The molecule has 0 heterocycles. The van der Waals surface area contributed by atoms with E-state index in [1.54, 1.807) is 11.1 Å². The maximum Gasteiger partial charge on any atom is 0.0476 e. The molecule has 0 radical (unpaired) electrons. The third-order valence-corrected chi connectivity index (χ3v) is 5.56. The minimum absolute atomic E-state index is 0. The second-order valence-electron chi connectivity index (χ2n) is 7.11. The Morgan fingerprint density at radius 2 is 1.08 bits per heavy atom. The van der Waals surface area contributed by atoms with Crippen molar-refractivity contribution in [1.82, 2.24) is 6.15 Å². The summed E-state index contributed by atoms with van der Waals surface area (Å²) in [4.78, 5) is 0. The average Bonchev–Trinajstić information content (AvgIpc) is 2.62. The molecule has 0 amide bonds. The number of rotatable bonds is 14. The summed E-state index contributed by atoms with van der Waals surface area (Å²) in [6.45, 7) is 6.83. The topological polar surface area (TPSA) is 35.0 Å². The quantitative estimate of drug-likeness (QED) is 0.261. The van der Waals surface area contributed by atoms with Crippen molar-refractivity contribution in [2.24, 2.45) is 0 Å². The maximum absolute atomic E-state index is 6.11. The number of benzene rings is 1. The summed E-state index contributed by atoms with van der Waals surface area (Å²) >= 11 is 6.11. The van der Waals surface area contributed by atoms with E-state index >= 15 is 0 Å². The van der Waals surface area contributed by atoms with E-state index in [2.05, 4.69) is 32.9 Å². The summed E-state index contributed by atoms with van der Waals surface area (Å²) < 4.78 is 0. The smallest absolute Gasteiger partial charge is 0.0476 e. The zero-order valence-corrected chi connectivity index (χ0v) is 17.9. The van der Waals surface area contributed by atoms with E-state index in [0.29, 0.717) is 5.88 Å². The van der Waals surface area contributed by atoms with Crippen molar-refractivity contribution in [3.05, 3.63) is 34.4 Å². The molecular weight excluding hydrogens is 326 g/mol. The fraction of sp³-hybridized carbons (Fsp3) is 0.739. The Bertz CT molecular complexity index is 442. The lowest BCUT2D eigenvalue weighted by molar-refractivity contribution is 0.556. The van der Waals surface area contributed by atoms with Crippen LogP contribution in [0.15, 0.2) is 12.1 Å². The van der Waals surface area contributed by atoms with Crippen LogP contribution in [0, 0.1) is 0 Å². The first-order chi connectivity index (χ1) is 11.8. The highest BCUT2D eigenvalue weighted by molar-refractivity contribution is 6.17. The predicted molar refractivity (Wildman–Crippen MR) is 115 cm³/mol. The van der Waals surface area contributed by atoms with Crippen LogP contribution >= 0.6 is 11.6 Å². The molecule has 0 spiro atoms. The number of unbranched alkanes of at least 4 members (excludes halogenated alkanes) is 9. The Hall–Kier alpha value is -0.530. The van der Waals surface area contributed by atoms with Gasteiger partial charge in [0, 0.05) is 5.88 Å². The summed E-state index contributed by atoms with van der Waals surface area (Å²) in [6.07, 6.45) is 17.6. The number of hydrogen-bond donors (Lipinski definition) is 1. The van der Waals surface area contributed by atoms with E-state index in [1.807, 2.05) is 0 Å². The zero-order valence-electron chi connectivity index (χ0n) is 17.1. The molecule has 1 rings (SSSR count). The van der Waals surface area contributed by atoms with Gasteiger partial charge in [0.1, 0.15) is 0 Å². The van der Waals surface area contributed by atoms with Gasteiger partial charge in [-0.05, 0) is 47.9 Å². The lowest BCUT2D eigenvalue weighted by atomic mass is 9.90. The second kappa shape index (κ2) is 15.7. The van der Waals surface area contributed by atoms with Gasteiger partial charge in [0.15, 0.2) is 0 Å². The molecule has 0 bridgehead atoms. The zero-order chi connectivity index (χ0) is 17.6. The highest BCUT2D eigenvalue weighted by Gasteiger charge is 2.10. The number of hydrogen-bond acceptors (Lipinski definition) is 1. The number of alkyl halides is 1. The van der Waals surface area contributed by atoms with Crippen LogP contribution in [0.4, 0.5) is 0 Å². The van der Waals surface area contributed by atoms with Gasteiger partial charge in [-0.25, -0.2) is 0 Å². The highest BCUT2D eigenvalue weighted by atomic mass is 35.5. The largest absolute Gasteiger partial charge is 0.344 e. The van der Waals surface area contributed by atoms with Gasteiger partial charge in [-0.1, -0.05) is 90.7 Å². The first-order valence-electron chi connectivity index (χ1n) is 10.5. The van der Waals surface area contributed by atoms with E-state index < -0.39 is 0 Å². The summed E-state index contributed by atoms with van der Waals surface area (Å²) in [5.74, 6) is 0.648. The fourth-order valence-corrected chi connectivity index (χ4v) is 4.08. The molecule has 2 heteroatoms. The van der Waals surface area contributed by atoms with Crippen LogP contribution in [0.1, 0.15) is 107 Å². The monoisotopic (exact) mass is 367 g/mol. The van der Waals surface area contributed by atoms with Crippen molar-refractivity contribution < 1.29 is 0 Å². The van der Waals surface area contributed by atoms with Crippen LogP contribution in [-0.2, 0) is 25.1 Å². The first-order valence-corrected chi connectivity index (χ1v) is 11.0. The Balaban J connectivity index is 0.00000576. The Kier molecular flexibility index (Phi) is 15.4. The van der Waals surface area contributed by atoms with Crippen LogP contribution in [0.25, 0.3) is 0 Å². The molecule has 1 nitrogen and oxygen atoms in total. The SMILES string of the molecule is CCCCCCCCCCCCc1ccc(CCl)c(CC)c1CC.N. The van der Waals surface area contributed by atoms with Crippen LogP contribution in [0.5, 0.6) is 0 Å². The Morgan fingerprint density at radius 3 is 1.56 bits per heavy atom. The van der Waals surface area contributed by atoms with Gasteiger partial charge >= 0.3 is 0 Å². The van der Waals surface area contributed by atoms with Gasteiger partial charge in [-0.15, -0.1) is 11.6 Å². The van der Waals surface area contributed by atoms with Gasteiger partial charge < -0.3 is 6.15 Å². The molecule has 0 aromatic heterocycles. The summed E-state index contributed by atoms with van der Waals surface area (Å²) in [6, 6.07) is 4.60. The highest BCUT2D eigenvalue weighted by Crippen LogP contribution is 2.24. The van der Waals surface area contributed by atoms with Crippen LogP contribution in [0.3, 0.4) is 0 Å². The molecule has 0 saturated heterocycles. The predicted octanol–water partition coefficient (Wildman–Crippen LogP) is 8.18. The van der Waals surface area contributed by atoms with E-state index in [0.717, 1.165) is 12.8 Å². The van der Waals surface area contributed by atoms with Crippen LogP contribution in [-0.4, -0.2) is 0 Å². The summed E-state index contributed by atoms with van der Waals surface area (Å²) in [7, 11) is 0. The fourth-order valence-electron chi connectivity index (χ4n) is 3.83. The van der Waals surface area contributed by atoms with Gasteiger partial charge in [-0.3, -0.25) is 0 Å². The molecule has 0 aliphatic carbocycles. The molecule has 0 aliphatic rings. The molecule has 0 saturated carbocycles. The molecule has 146 valence electrons. The van der Waals surface area contributed by atoms with Crippen molar-refractivity contribution in [3.8, 4) is 0 Å². The molecule has 0 aliphatic heterocycles. The van der Waals surface area contributed by atoms with Gasteiger partial charge in [0.2, 0.25) is 0 Å². The van der Waals surface area contributed by atoms with Crippen LogP contribution < -0.4 is 6.15 Å². The molecule has 0 unspecified atom stereocenters. The second-order valence-corrected chi connectivity index (χ2v) is 7.38. The van der Waals surface area contributed by atoms with Crippen molar-refractivity contribution >= 4 is 11.6 Å². The lowest BCUT2D eigenvalue weighted by Crippen LogP contribution is -2.02. The normalized spacial score (nSPS) is 10.7. The average molecular weight is 368 g/mol. The first kappa shape index (κ1) is 24.5. The summed E-state index contributed by atoms with van der Waals surface area (Å²) in [5, 5.41) is 0. The molecule has 1 aromatic rings. The minimum atomic E-state index is 0. The Morgan fingerprint density at radius 1 is 0.640 bits per heavy atom. The van der Waals surface area contributed by atoms with E-state index in [1.165, 1.54) is 81.8 Å². The lowest BCUT2D eigenvalue weighted by Gasteiger charge is -2.16. The van der Waals surface area contributed by atoms with Crippen molar-refractivity contribution in [1.29, 1.82) is 0 Å². The van der Waals surface area contributed by atoms with Crippen molar-refractivity contribution in [2.75, 3.05) is 0 Å². The van der Waals surface area contributed by atoms with E-state index in [9.17, 15) is 0 Å². The number of aryl methyl sites for hydroxylation is 1. The van der Waals surface area contributed by atoms with Gasteiger partial charge in [0.05, 0.1) is 0 Å². The third kappa shape index (κ3) is 9.11. The van der Waals surface area contributed by atoms with E-state index in [4.69, 9.17) is 11.6 Å². The molecule has 0 atom stereocenters. The minimum Gasteiger partial charge on any atom is -0.344 e. The van der Waals surface area contributed by atoms with E-state index in [-0.39, 0.29) is 6.15 Å². The van der Waals surface area contributed by atoms with Crippen LogP contribution in [0.2, 0.25) is 0 Å². The Labute approximate surface area is 162 Å². The molecule has 1 aromatic carbocycles. The molecular formula is C23H42ClN.